The summed E-state index contributed by atoms with van der Waals surface area (Å²) in [4.78, 5) is 37.8. The number of anilines is 2. The molecule has 1 aromatic heterocycles. The van der Waals surface area contributed by atoms with Gasteiger partial charge in [-0.3, -0.25) is 9.59 Å². The molecule has 3 rings (SSSR count). The average Bonchev–Trinajstić information content (AvgIpc) is 2.69. The second kappa shape index (κ2) is 7.74. The van der Waals surface area contributed by atoms with Crippen molar-refractivity contribution in [3.63, 3.8) is 0 Å². The predicted octanol–water partition coefficient (Wildman–Crippen LogP) is 1.42. The molecular formula is C18H21N5O2. The minimum absolute atomic E-state index is 0.149. The summed E-state index contributed by atoms with van der Waals surface area (Å²) in [6, 6.07) is 11.2. The van der Waals surface area contributed by atoms with Crippen molar-refractivity contribution < 1.29 is 9.59 Å². The second-order valence-electron chi connectivity index (χ2n) is 5.76. The second-order valence-corrected chi connectivity index (χ2v) is 5.76. The van der Waals surface area contributed by atoms with Crippen LogP contribution in [0.15, 0.2) is 42.6 Å². The monoisotopic (exact) mass is 339 g/mol. The smallest absolute Gasteiger partial charge is 0.277 e. The highest BCUT2D eigenvalue weighted by molar-refractivity contribution is 6.04. The molecule has 7 nitrogen and oxygen atoms in total. The third-order valence-corrected chi connectivity index (χ3v) is 4.24. The van der Waals surface area contributed by atoms with Crippen LogP contribution >= 0.6 is 0 Å². The number of benzene rings is 1. The topological polar surface area (TPSA) is 69.6 Å². The number of hydrogen-bond acceptors (Lipinski definition) is 5. The van der Waals surface area contributed by atoms with Crippen LogP contribution in [0.1, 0.15) is 17.4 Å². The zero-order valence-corrected chi connectivity index (χ0v) is 14.2. The lowest BCUT2D eigenvalue weighted by molar-refractivity contribution is -0.118. The molecule has 0 bridgehead atoms. The van der Waals surface area contributed by atoms with E-state index in [0.717, 1.165) is 12.1 Å². The molecule has 1 aromatic carbocycles. The SMILES string of the molecule is CCN(C(=O)c1ccnc(N2CCN(C=O)CC2)n1)c1ccccc1. The van der Waals surface area contributed by atoms with E-state index in [1.807, 2.05) is 42.2 Å². The summed E-state index contributed by atoms with van der Waals surface area (Å²) in [6.45, 7) is 5.08. The van der Waals surface area contributed by atoms with Gasteiger partial charge in [0.1, 0.15) is 5.69 Å². The molecule has 2 aromatic rings. The van der Waals surface area contributed by atoms with Crippen molar-refractivity contribution in [2.24, 2.45) is 0 Å². The van der Waals surface area contributed by atoms with Crippen LogP contribution in [0.4, 0.5) is 11.6 Å². The number of rotatable bonds is 5. The third kappa shape index (κ3) is 3.76. The number of para-hydroxylation sites is 1. The fourth-order valence-electron chi connectivity index (χ4n) is 2.84. The van der Waals surface area contributed by atoms with Gasteiger partial charge in [-0.2, -0.15) is 0 Å². The first-order valence-electron chi connectivity index (χ1n) is 8.37. The molecule has 0 N–H and O–H groups in total. The molecule has 1 aliphatic heterocycles. The van der Waals surface area contributed by atoms with E-state index in [9.17, 15) is 9.59 Å². The Labute approximate surface area is 146 Å². The fraction of sp³-hybridized carbons (Fsp3) is 0.333. The highest BCUT2D eigenvalue weighted by Gasteiger charge is 2.21. The first-order valence-corrected chi connectivity index (χ1v) is 8.37. The molecule has 130 valence electrons. The minimum Gasteiger partial charge on any atom is -0.342 e. The van der Waals surface area contributed by atoms with Crippen molar-refractivity contribution in [3.05, 3.63) is 48.3 Å². The molecule has 1 aliphatic rings. The lowest BCUT2D eigenvalue weighted by Crippen LogP contribution is -2.46. The van der Waals surface area contributed by atoms with Crippen LogP contribution in [0.5, 0.6) is 0 Å². The van der Waals surface area contributed by atoms with Gasteiger partial charge in [0.05, 0.1) is 0 Å². The van der Waals surface area contributed by atoms with Crippen LogP contribution in [0.3, 0.4) is 0 Å². The summed E-state index contributed by atoms with van der Waals surface area (Å²) in [5.74, 6) is 0.379. The van der Waals surface area contributed by atoms with Crippen molar-refractivity contribution in [2.45, 2.75) is 6.92 Å². The molecule has 1 saturated heterocycles. The molecule has 25 heavy (non-hydrogen) atoms. The van der Waals surface area contributed by atoms with E-state index >= 15 is 0 Å². The van der Waals surface area contributed by atoms with Gasteiger partial charge < -0.3 is 14.7 Å². The van der Waals surface area contributed by atoms with Gasteiger partial charge in [-0.1, -0.05) is 18.2 Å². The van der Waals surface area contributed by atoms with Gasteiger partial charge in [0.15, 0.2) is 0 Å². The van der Waals surface area contributed by atoms with Gasteiger partial charge in [-0.25, -0.2) is 9.97 Å². The molecular weight excluding hydrogens is 318 g/mol. The zero-order chi connectivity index (χ0) is 17.6. The minimum atomic E-state index is -0.149. The fourth-order valence-corrected chi connectivity index (χ4v) is 2.84. The Morgan fingerprint density at radius 3 is 2.52 bits per heavy atom. The first-order chi connectivity index (χ1) is 12.2. The van der Waals surface area contributed by atoms with E-state index in [-0.39, 0.29) is 5.91 Å². The van der Waals surface area contributed by atoms with E-state index in [1.54, 1.807) is 22.1 Å². The molecule has 2 amide bonds. The molecule has 0 spiro atoms. The summed E-state index contributed by atoms with van der Waals surface area (Å²) in [5.41, 5.74) is 1.21. The van der Waals surface area contributed by atoms with Crippen molar-refractivity contribution in [2.75, 3.05) is 42.5 Å². The normalized spacial score (nSPS) is 14.3. The molecule has 2 heterocycles. The number of hydrogen-bond donors (Lipinski definition) is 0. The number of piperazine rings is 1. The number of nitrogens with zero attached hydrogens (tertiary/aromatic N) is 5. The summed E-state index contributed by atoms with van der Waals surface area (Å²) in [5, 5.41) is 0. The quantitative estimate of drug-likeness (QED) is 0.771. The molecule has 0 atom stereocenters. The Morgan fingerprint density at radius 1 is 1.16 bits per heavy atom. The van der Waals surface area contributed by atoms with Crippen LogP contribution in [0, 0.1) is 0 Å². The Kier molecular flexibility index (Phi) is 5.23. The summed E-state index contributed by atoms with van der Waals surface area (Å²) in [6.07, 6.45) is 2.47. The lowest BCUT2D eigenvalue weighted by atomic mass is 10.2. The average molecular weight is 339 g/mol. The van der Waals surface area contributed by atoms with Gasteiger partial charge in [-0.15, -0.1) is 0 Å². The Hall–Kier alpha value is -2.96. The lowest BCUT2D eigenvalue weighted by Gasteiger charge is -2.32. The third-order valence-electron chi connectivity index (χ3n) is 4.24. The van der Waals surface area contributed by atoms with Crippen LogP contribution in [0.25, 0.3) is 0 Å². The van der Waals surface area contributed by atoms with E-state index in [2.05, 4.69) is 9.97 Å². The van der Waals surface area contributed by atoms with E-state index in [1.165, 1.54) is 0 Å². The van der Waals surface area contributed by atoms with Gasteiger partial charge >= 0.3 is 0 Å². The number of aromatic nitrogens is 2. The summed E-state index contributed by atoms with van der Waals surface area (Å²) < 4.78 is 0. The Bertz CT molecular complexity index is 729. The first kappa shape index (κ1) is 16.9. The van der Waals surface area contributed by atoms with Gasteiger partial charge in [0, 0.05) is 44.6 Å². The van der Waals surface area contributed by atoms with Crippen LogP contribution in [-0.4, -0.2) is 59.9 Å². The number of amides is 2. The maximum atomic E-state index is 12.9. The Balaban J connectivity index is 1.79. The molecule has 1 fully saturated rings. The predicted molar refractivity (Wildman–Crippen MR) is 95.7 cm³/mol. The Morgan fingerprint density at radius 2 is 1.88 bits per heavy atom. The molecule has 0 aliphatic carbocycles. The number of carbonyl (C=O) groups is 2. The van der Waals surface area contributed by atoms with Gasteiger partial charge in [0.25, 0.3) is 5.91 Å². The molecule has 0 radical (unpaired) electrons. The van der Waals surface area contributed by atoms with Gasteiger partial charge in [-0.05, 0) is 25.1 Å². The summed E-state index contributed by atoms with van der Waals surface area (Å²) >= 11 is 0. The molecule has 0 unspecified atom stereocenters. The van der Waals surface area contributed by atoms with Crippen molar-refractivity contribution in [1.29, 1.82) is 0 Å². The standard InChI is InChI=1S/C18H21N5O2/c1-2-23(15-6-4-3-5-7-15)17(25)16-8-9-19-18(20-16)22-12-10-21(14-24)11-13-22/h3-9,14H,2,10-13H2,1H3. The maximum Gasteiger partial charge on any atom is 0.277 e. The van der Waals surface area contributed by atoms with E-state index in [0.29, 0.717) is 44.4 Å². The van der Waals surface area contributed by atoms with Crippen LogP contribution in [0.2, 0.25) is 0 Å². The van der Waals surface area contributed by atoms with Gasteiger partial charge in [0.2, 0.25) is 12.4 Å². The maximum absolute atomic E-state index is 12.9. The molecule has 0 saturated carbocycles. The van der Waals surface area contributed by atoms with Crippen LogP contribution < -0.4 is 9.80 Å². The van der Waals surface area contributed by atoms with Crippen molar-refractivity contribution in [1.82, 2.24) is 14.9 Å². The van der Waals surface area contributed by atoms with E-state index in [4.69, 9.17) is 0 Å². The highest BCUT2D eigenvalue weighted by Crippen LogP contribution is 2.17. The highest BCUT2D eigenvalue weighted by atomic mass is 16.2. The van der Waals surface area contributed by atoms with Crippen LogP contribution in [-0.2, 0) is 4.79 Å². The number of carbonyl (C=O) groups excluding carboxylic acids is 2. The van der Waals surface area contributed by atoms with Crippen molar-refractivity contribution >= 4 is 24.0 Å². The largest absolute Gasteiger partial charge is 0.342 e. The summed E-state index contributed by atoms with van der Waals surface area (Å²) in [7, 11) is 0. The van der Waals surface area contributed by atoms with Crippen molar-refractivity contribution in [3.8, 4) is 0 Å². The zero-order valence-electron chi connectivity index (χ0n) is 14.2. The van der Waals surface area contributed by atoms with E-state index < -0.39 is 0 Å². The molecule has 7 heteroatoms.